The van der Waals surface area contributed by atoms with E-state index in [2.05, 4.69) is 0 Å². The first-order valence-electron chi connectivity index (χ1n) is 8.70. The number of carbonyl (C=O) groups is 2. The van der Waals surface area contributed by atoms with Crippen LogP contribution in [0.5, 0.6) is 5.75 Å². The molecule has 1 heterocycles. The van der Waals surface area contributed by atoms with Gasteiger partial charge in [-0.3, -0.25) is 9.59 Å². The number of rotatable bonds is 6. The van der Waals surface area contributed by atoms with Gasteiger partial charge in [0.1, 0.15) is 17.9 Å². The summed E-state index contributed by atoms with van der Waals surface area (Å²) in [6.45, 7) is 5.58. The number of aryl methyl sites for hydroxylation is 2. The number of hydrogen-bond donors (Lipinski definition) is 0. The van der Waals surface area contributed by atoms with E-state index in [0.29, 0.717) is 16.9 Å². The summed E-state index contributed by atoms with van der Waals surface area (Å²) in [6, 6.07) is 9.07. The van der Waals surface area contributed by atoms with Gasteiger partial charge in [0.15, 0.2) is 5.78 Å². The van der Waals surface area contributed by atoms with E-state index in [1.165, 1.54) is 14.0 Å². The molecule has 2 aromatic carbocycles. The molecule has 0 saturated carbocycles. The second-order valence-electron chi connectivity index (χ2n) is 6.61. The number of hydrogen-bond acceptors (Lipinski definition) is 5. The Balaban J connectivity index is 1.73. The van der Waals surface area contributed by atoms with E-state index in [-0.39, 0.29) is 24.8 Å². The van der Waals surface area contributed by atoms with Gasteiger partial charge in [-0.2, -0.15) is 0 Å². The molecule has 0 N–H and O–H groups in total. The molecule has 27 heavy (non-hydrogen) atoms. The molecule has 0 amide bonds. The van der Waals surface area contributed by atoms with Gasteiger partial charge in [-0.1, -0.05) is 0 Å². The van der Waals surface area contributed by atoms with Crippen LogP contribution in [0, 0.1) is 13.8 Å². The highest BCUT2D eigenvalue weighted by Crippen LogP contribution is 2.26. The van der Waals surface area contributed by atoms with Crippen molar-refractivity contribution in [3.63, 3.8) is 0 Å². The molecule has 0 unspecified atom stereocenters. The van der Waals surface area contributed by atoms with Gasteiger partial charge in [-0.05, 0) is 62.2 Å². The molecular weight excluding hydrogens is 344 g/mol. The van der Waals surface area contributed by atoms with Gasteiger partial charge in [0.25, 0.3) is 0 Å². The lowest BCUT2D eigenvalue weighted by Crippen LogP contribution is -2.09. The number of furan rings is 1. The van der Waals surface area contributed by atoms with Crippen LogP contribution < -0.4 is 4.74 Å². The predicted molar refractivity (Wildman–Crippen MR) is 102 cm³/mol. The smallest absolute Gasteiger partial charge is 0.310 e. The fraction of sp³-hybridized carbons (Fsp3) is 0.273. The van der Waals surface area contributed by atoms with Crippen molar-refractivity contribution in [3.05, 3.63) is 64.4 Å². The first-order valence-corrected chi connectivity index (χ1v) is 8.70. The molecule has 0 aliphatic rings. The summed E-state index contributed by atoms with van der Waals surface area (Å²) in [7, 11) is 1.54. The maximum absolute atomic E-state index is 12.3. The van der Waals surface area contributed by atoms with Crippen LogP contribution in [0.15, 0.2) is 41.0 Å². The molecule has 0 bridgehead atoms. The van der Waals surface area contributed by atoms with Crippen molar-refractivity contribution in [1.29, 1.82) is 0 Å². The summed E-state index contributed by atoms with van der Waals surface area (Å²) in [4.78, 5) is 23.9. The van der Waals surface area contributed by atoms with Crippen LogP contribution in [-0.4, -0.2) is 18.9 Å². The maximum Gasteiger partial charge on any atom is 0.310 e. The van der Waals surface area contributed by atoms with Crippen LogP contribution in [0.3, 0.4) is 0 Å². The third kappa shape index (κ3) is 4.03. The zero-order chi connectivity index (χ0) is 19.6. The molecule has 3 aromatic rings. The van der Waals surface area contributed by atoms with Crippen molar-refractivity contribution in [2.45, 2.75) is 33.8 Å². The molecule has 1 aromatic heterocycles. The Morgan fingerprint density at radius 1 is 1.04 bits per heavy atom. The van der Waals surface area contributed by atoms with Crippen molar-refractivity contribution < 1.29 is 23.5 Å². The number of ether oxygens (including phenoxy) is 2. The Morgan fingerprint density at radius 2 is 1.78 bits per heavy atom. The fourth-order valence-corrected chi connectivity index (χ4v) is 2.95. The molecule has 3 rings (SSSR count). The molecule has 5 nitrogen and oxygen atoms in total. The summed E-state index contributed by atoms with van der Waals surface area (Å²) in [6.07, 6.45) is 1.71. The van der Waals surface area contributed by atoms with Crippen LogP contribution in [0.2, 0.25) is 0 Å². The topological polar surface area (TPSA) is 65.7 Å². The predicted octanol–water partition coefficient (Wildman–Crippen LogP) is 4.55. The Hall–Kier alpha value is -3.08. The summed E-state index contributed by atoms with van der Waals surface area (Å²) >= 11 is 0. The van der Waals surface area contributed by atoms with Crippen LogP contribution >= 0.6 is 0 Å². The van der Waals surface area contributed by atoms with E-state index in [9.17, 15) is 9.59 Å². The number of carbonyl (C=O) groups excluding carboxylic acids is 2. The maximum atomic E-state index is 12.3. The van der Waals surface area contributed by atoms with Gasteiger partial charge in [-0.25, -0.2) is 0 Å². The highest BCUT2D eigenvalue weighted by molar-refractivity contribution is 5.94. The lowest BCUT2D eigenvalue weighted by molar-refractivity contribution is -0.144. The standard InChI is InChI=1S/C22H22O5/c1-13-7-19-17(11-26-21(19)8-14(13)2)10-22(24)27-12-18-9-16(15(3)23)5-6-20(18)25-4/h5-9,11H,10,12H2,1-4H3. The lowest BCUT2D eigenvalue weighted by atomic mass is 10.0. The zero-order valence-corrected chi connectivity index (χ0v) is 15.9. The molecule has 0 spiro atoms. The first kappa shape index (κ1) is 18.7. The summed E-state index contributed by atoms with van der Waals surface area (Å²) in [5, 5.41) is 0.922. The second kappa shape index (κ2) is 7.66. The minimum absolute atomic E-state index is 0.0387. The SMILES string of the molecule is COc1ccc(C(C)=O)cc1COC(=O)Cc1coc2cc(C)c(C)cc12. The Labute approximate surface area is 157 Å². The largest absolute Gasteiger partial charge is 0.496 e. The average Bonchev–Trinajstić information content (AvgIpc) is 3.01. The number of fused-ring (bicyclic) bond motifs is 1. The first-order chi connectivity index (χ1) is 12.9. The third-order valence-corrected chi connectivity index (χ3v) is 4.68. The van der Waals surface area contributed by atoms with E-state index in [1.54, 1.807) is 24.5 Å². The van der Waals surface area contributed by atoms with E-state index < -0.39 is 0 Å². The minimum atomic E-state index is -0.369. The number of esters is 1. The fourth-order valence-electron chi connectivity index (χ4n) is 2.95. The van der Waals surface area contributed by atoms with Crippen molar-refractivity contribution >= 4 is 22.7 Å². The second-order valence-corrected chi connectivity index (χ2v) is 6.61. The Bertz CT molecular complexity index is 1010. The number of Topliss-reactive ketones (excluding diaryl/α,β-unsaturated/α-hetero) is 1. The van der Waals surface area contributed by atoms with Gasteiger partial charge < -0.3 is 13.9 Å². The molecule has 0 aliphatic carbocycles. The Kier molecular flexibility index (Phi) is 5.31. The third-order valence-electron chi connectivity index (χ3n) is 4.68. The van der Waals surface area contributed by atoms with Crippen LogP contribution in [0.4, 0.5) is 0 Å². The van der Waals surface area contributed by atoms with Crippen molar-refractivity contribution in [2.24, 2.45) is 0 Å². The molecule has 0 fully saturated rings. The molecule has 0 aliphatic heterocycles. The van der Waals surface area contributed by atoms with Crippen molar-refractivity contribution in [3.8, 4) is 5.75 Å². The number of methoxy groups -OCH3 is 1. The van der Waals surface area contributed by atoms with E-state index in [4.69, 9.17) is 13.9 Å². The van der Waals surface area contributed by atoms with E-state index >= 15 is 0 Å². The van der Waals surface area contributed by atoms with Crippen molar-refractivity contribution in [1.82, 2.24) is 0 Å². The summed E-state index contributed by atoms with van der Waals surface area (Å²) in [5.41, 5.74) is 5.04. The van der Waals surface area contributed by atoms with E-state index in [0.717, 1.165) is 27.7 Å². The van der Waals surface area contributed by atoms with Gasteiger partial charge in [0.05, 0.1) is 19.8 Å². The van der Waals surface area contributed by atoms with Gasteiger partial charge >= 0.3 is 5.97 Å². The highest BCUT2D eigenvalue weighted by atomic mass is 16.5. The molecule has 0 atom stereocenters. The highest BCUT2D eigenvalue weighted by Gasteiger charge is 2.14. The summed E-state index contributed by atoms with van der Waals surface area (Å²) in [5.74, 6) is 0.152. The normalized spacial score (nSPS) is 10.8. The van der Waals surface area contributed by atoms with Crippen LogP contribution in [-0.2, 0) is 22.6 Å². The molecule has 140 valence electrons. The lowest BCUT2D eigenvalue weighted by Gasteiger charge is -2.10. The quantitative estimate of drug-likeness (QED) is 0.473. The molecule has 0 saturated heterocycles. The summed E-state index contributed by atoms with van der Waals surface area (Å²) < 4.78 is 16.3. The van der Waals surface area contributed by atoms with Gasteiger partial charge in [-0.15, -0.1) is 0 Å². The monoisotopic (exact) mass is 366 g/mol. The average molecular weight is 366 g/mol. The molecule has 5 heteroatoms. The minimum Gasteiger partial charge on any atom is -0.496 e. The van der Waals surface area contributed by atoms with Crippen molar-refractivity contribution in [2.75, 3.05) is 7.11 Å². The van der Waals surface area contributed by atoms with Gasteiger partial charge in [0, 0.05) is 22.1 Å². The Morgan fingerprint density at radius 3 is 2.48 bits per heavy atom. The molecular formula is C22H22O5. The zero-order valence-electron chi connectivity index (χ0n) is 15.9. The van der Waals surface area contributed by atoms with Crippen LogP contribution in [0.25, 0.3) is 11.0 Å². The number of benzene rings is 2. The number of ketones is 1. The molecule has 0 radical (unpaired) electrons. The van der Waals surface area contributed by atoms with Gasteiger partial charge in [0.2, 0.25) is 0 Å². The van der Waals surface area contributed by atoms with Crippen LogP contribution in [0.1, 0.15) is 39.5 Å². The van der Waals surface area contributed by atoms with E-state index in [1.807, 2.05) is 26.0 Å².